The number of pyridine rings is 1. The van der Waals surface area contributed by atoms with Gasteiger partial charge in [0, 0.05) is 34.5 Å². The molecule has 0 bridgehead atoms. The maximum Gasteiger partial charge on any atom is 0.126 e. The third-order valence-corrected chi connectivity index (χ3v) is 4.37. The first-order valence-corrected chi connectivity index (χ1v) is 7.34. The summed E-state index contributed by atoms with van der Waals surface area (Å²) in [6, 6.07) is 4.18. The van der Waals surface area contributed by atoms with Crippen molar-refractivity contribution in [1.29, 1.82) is 0 Å². The van der Waals surface area contributed by atoms with Crippen molar-refractivity contribution in [1.82, 2.24) is 4.98 Å². The Morgan fingerprint density at radius 1 is 1.50 bits per heavy atom. The molecule has 2 rings (SSSR count). The van der Waals surface area contributed by atoms with Crippen LogP contribution in [0.1, 0.15) is 24.6 Å². The third-order valence-electron chi connectivity index (χ3n) is 3.07. The highest BCUT2D eigenvalue weighted by atomic mass is 32.2. The predicted molar refractivity (Wildman–Crippen MR) is 68.3 cm³/mol. The fourth-order valence-corrected chi connectivity index (χ4v) is 2.20. The lowest BCUT2D eigenvalue weighted by atomic mass is 10.2. The number of nitrogens with one attached hydrogen (secondary N) is 1. The number of anilines is 1. The molecule has 1 aliphatic carbocycles. The Morgan fingerprint density at radius 3 is 3.06 bits per heavy atom. The molecule has 16 heavy (non-hydrogen) atoms. The highest BCUT2D eigenvalue weighted by Crippen LogP contribution is 2.21. The van der Waals surface area contributed by atoms with E-state index in [1.54, 1.807) is 6.26 Å². The maximum absolute atomic E-state index is 11.2. The Kier molecular flexibility index (Phi) is 3.59. The third kappa shape index (κ3) is 2.61. The van der Waals surface area contributed by atoms with Gasteiger partial charge < -0.3 is 5.32 Å². The summed E-state index contributed by atoms with van der Waals surface area (Å²) in [6.07, 6.45) is 5.22. The van der Waals surface area contributed by atoms with E-state index in [1.165, 1.54) is 17.7 Å². The zero-order valence-electron chi connectivity index (χ0n) is 9.82. The molecule has 2 unspecified atom stereocenters. The van der Waals surface area contributed by atoms with E-state index in [4.69, 9.17) is 0 Å². The smallest absolute Gasteiger partial charge is 0.126 e. The largest absolute Gasteiger partial charge is 0.369 e. The Bertz CT molecular complexity index is 406. The second-order valence-corrected chi connectivity index (χ2v) is 6.15. The van der Waals surface area contributed by atoms with Gasteiger partial charge in [-0.15, -0.1) is 0 Å². The van der Waals surface area contributed by atoms with Crippen molar-refractivity contribution in [3.05, 3.63) is 23.4 Å². The zero-order valence-corrected chi connectivity index (χ0v) is 10.6. The highest BCUT2D eigenvalue weighted by molar-refractivity contribution is 7.84. The molecular weight excluding hydrogens is 220 g/mol. The number of fused-ring (bicyclic) bond motifs is 1. The SMILES string of the molecule is CC(CNc1ccc2c(n1)CCC2)S(C)=O. The van der Waals surface area contributed by atoms with Crippen molar-refractivity contribution < 1.29 is 4.21 Å². The quantitative estimate of drug-likeness (QED) is 0.869. The van der Waals surface area contributed by atoms with E-state index in [0.29, 0.717) is 0 Å². The number of rotatable bonds is 4. The van der Waals surface area contributed by atoms with Crippen LogP contribution in [0.3, 0.4) is 0 Å². The first-order chi connectivity index (χ1) is 7.66. The number of aryl methyl sites for hydroxylation is 2. The van der Waals surface area contributed by atoms with E-state index in [-0.39, 0.29) is 5.25 Å². The molecule has 2 atom stereocenters. The molecule has 4 heteroatoms. The van der Waals surface area contributed by atoms with Crippen molar-refractivity contribution >= 4 is 16.6 Å². The minimum Gasteiger partial charge on any atom is -0.369 e. The summed E-state index contributed by atoms with van der Waals surface area (Å²) in [7, 11) is -0.773. The van der Waals surface area contributed by atoms with E-state index in [1.807, 2.05) is 13.0 Å². The molecule has 1 N–H and O–H groups in total. The van der Waals surface area contributed by atoms with Gasteiger partial charge in [0.05, 0.1) is 0 Å². The molecule has 0 fully saturated rings. The Hall–Kier alpha value is -0.900. The van der Waals surface area contributed by atoms with Gasteiger partial charge in [0.25, 0.3) is 0 Å². The molecule has 0 saturated heterocycles. The topological polar surface area (TPSA) is 42.0 Å². The number of nitrogens with zero attached hydrogens (tertiary/aromatic N) is 1. The van der Waals surface area contributed by atoms with Crippen LogP contribution in [0.2, 0.25) is 0 Å². The summed E-state index contributed by atoms with van der Waals surface area (Å²) >= 11 is 0. The van der Waals surface area contributed by atoms with Crippen LogP contribution in [0.15, 0.2) is 12.1 Å². The van der Waals surface area contributed by atoms with Crippen molar-refractivity contribution in [3.8, 4) is 0 Å². The monoisotopic (exact) mass is 238 g/mol. The van der Waals surface area contributed by atoms with Gasteiger partial charge in [-0.3, -0.25) is 4.21 Å². The molecule has 0 aromatic carbocycles. The van der Waals surface area contributed by atoms with Gasteiger partial charge in [-0.2, -0.15) is 0 Å². The Morgan fingerprint density at radius 2 is 2.31 bits per heavy atom. The summed E-state index contributed by atoms with van der Waals surface area (Å²) in [5.41, 5.74) is 2.62. The maximum atomic E-state index is 11.2. The zero-order chi connectivity index (χ0) is 11.5. The molecule has 0 radical (unpaired) electrons. The second-order valence-electron chi connectivity index (χ2n) is 4.35. The highest BCUT2D eigenvalue weighted by Gasteiger charge is 2.12. The molecule has 88 valence electrons. The van der Waals surface area contributed by atoms with Gasteiger partial charge in [-0.05, 0) is 37.8 Å². The lowest BCUT2D eigenvalue weighted by Crippen LogP contribution is -2.21. The summed E-state index contributed by atoms with van der Waals surface area (Å²) in [5, 5.41) is 3.41. The fraction of sp³-hybridized carbons (Fsp3) is 0.583. The molecular formula is C12H18N2OS. The van der Waals surface area contributed by atoms with Crippen LogP contribution in [0.5, 0.6) is 0 Å². The van der Waals surface area contributed by atoms with Crippen LogP contribution < -0.4 is 5.32 Å². The summed E-state index contributed by atoms with van der Waals surface area (Å²) in [6.45, 7) is 2.70. The predicted octanol–water partition coefficient (Wildman–Crippen LogP) is 1.75. The van der Waals surface area contributed by atoms with E-state index in [9.17, 15) is 4.21 Å². The van der Waals surface area contributed by atoms with E-state index < -0.39 is 10.8 Å². The van der Waals surface area contributed by atoms with Gasteiger partial charge >= 0.3 is 0 Å². The van der Waals surface area contributed by atoms with Crippen molar-refractivity contribution in [2.24, 2.45) is 0 Å². The second kappa shape index (κ2) is 4.95. The van der Waals surface area contributed by atoms with Crippen LogP contribution in [0.4, 0.5) is 5.82 Å². The van der Waals surface area contributed by atoms with E-state index in [0.717, 1.165) is 25.2 Å². The van der Waals surface area contributed by atoms with Crippen LogP contribution >= 0.6 is 0 Å². The molecule has 1 heterocycles. The number of hydrogen-bond acceptors (Lipinski definition) is 3. The Balaban J connectivity index is 1.98. The molecule has 3 nitrogen and oxygen atoms in total. The van der Waals surface area contributed by atoms with Crippen molar-refractivity contribution in [3.63, 3.8) is 0 Å². The summed E-state index contributed by atoms with van der Waals surface area (Å²) in [5.74, 6) is 0.915. The summed E-state index contributed by atoms with van der Waals surface area (Å²) in [4.78, 5) is 4.57. The molecule has 0 amide bonds. The minimum absolute atomic E-state index is 0.162. The first-order valence-electron chi connectivity index (χ1n) is 5.71. The molecule has 1 aromatic heterocycles. The van der Waals surface area contributed by atoms with Gasteiger partial charge in [0.2, 0.25) is 0 Å². The number of hydrogen-bond donors (Lipinski definition) is 1. The molecule has 1 aliphatic rings. The van der Waals surface area contributed by atoms with Crippen LogP contribution in [0, 0.1) is 0 Å². The van der Waals surface area contributed by atoms with Gasteiger partial charge in [-0.1, -0.05) is 6.07 Å². The van der Waals surface area contributed by atoms with Gasteiger partial charge in [0.15, 0.2) is 0 Å². The molecule has 0 aliphatic heterocycles. The van der Waals surface area contributed by atoms with Crippen LogP contribution in [0.25, 0.3) is 0 Å². The lowest BCUT2D eigenvalue weighted by Gasteiger charge is -2.11. The van der Waals surface area contributed by atoms with Crippen LogP contribution in [-0.4, -0.2) is 27.2 Å². The first kappa shape index (κ1) is 11.6. The average molecular weight is 238 g/mol. The van der Waals surface area contributed by atoms with Crippen LogP contribution in [-0.2, 0) is 23.6 Å². The normalized spacial score (nSPS) is 17.9. The minimum atomic E-state index is -0.773. The molecule has 0 spiro atoms. The van der Waals surface area contributed by atoms with Crippen molar-refractivity contribution in [2.45, 2.75) is 31.4 Å². The van der Waals surface area contributed by atoms with Crippen molar-refractivity contribution in [2.75, 3.05) is 18.1 Å². The van der Waals surface area contributed by atoms with Gasteiger partial charge in [-0.25, -0.2) is 4.98 Å². The fourth-order valence-electron chi connectivity index (χ4n) is 1.88. The van der Waals surface area contributed by atoms with E-state index >= 15 is 0 Å². The Labute approximate surface area is 99.1 Å². The van der Waals surface area contributed by atoms with E-state index in [2.05, 4.69) is 16.4 Å². The number of aromatic nitrogens is 1. The average Bonchev–Trinajstić information content (AvgIpc) is 2.72. The van der Waals surface area contributed by atoms with Gasteiger partial charge in [0.1, 0.15) is 5.82 Å². The summed E-state index contributed by atoms with van der Waals surface area (Å²) < 4.78 is 11.2. The molecule has 1 aromatic rings. The molecule has 0 saturated carbocycles. The lowest BCUT2D eigenvalue weighted by molar-refractivity contribution is 0.679. The standard InChI is InChI=1S/C12H18N2OS/c1-9(16(2)15)8-13-12-7-6-10-4-3-5-11(10)14-12/h6-7,9H,3-5,8H2,1-2H3,(H,13,14).